The van der Waals surface area contributed by atoms with Crippen molar-refractivity contribution < 1.29 is 4.79 Å². The summed E-state index contributed by atoms with van der Waals surface area (Å²) < 4.78 is 0. The number of carbonyl (C=O) groups is 1. The third-order valence-corrected chi connectivity index (χ3v) is 4.40. The van der Waals surface area contributed by atoms with Gasteiger partial charge in [-0.3, -0.25) is 10.1 Å². The summed E-state index contributed by atoms with van der Waals surface area (Å²) >= 11 is 1.96. The van der Waals surface area contributed by atoms with Crippen molar-refractivity contribution in [2.24, 2.45) is 5.92 Å². The van der Waals surface area contributed by atoms with Gasteiger partial charge in [-0.2, -0.15) is 11.8 Å². The molecule has 1 amide bonds. The summed E-state index contributed by atoms with van der Waals surface area (Å²) in [7, 11) is 0. The van der Waals surface area contributed by atoms with E-state index in [0.717, 1.165) is 31.6 Å². The fraction of sp³-hybridized carbons (Fsp3) is 0.929. The number of rotatable bonds is 8. The number of hydrogen-bond acceptors (Lipinski definition) is 3. The minimum atomic E-state index is 0.0281. The standard InChI is InChI=1S/C14H28N2OS/c1-5-8-12-15-13(11(3)4)14(17)16(12)9-7-10-18-6-2/h11-13,15H,5-10H2,1-4H3. The number of carbonyl (C=O) groups excluding carboxylic acids is 1. The van der Waals surface area contributed by atoms with E-state index in [-0.39, 0.29) is 12.2 Å². The molecule has 4 heteroatoms. The van der Waals surface area contributed by atoms with Gasteiger partial charge in [0, 0.05) is 6.54 Å². The first kappa shape index (κ1) is 15.8. The van der Waals surface area contributed by atoms with Gasteiger partial charge in [-0.1, -0.05) is 34.1 Å². The lowest BCUT2D eigenvalue weighted by Crippen LogP contribution is -2.38. The summed E-state index contributed by atoms with van der Waals surface area (Å²) in [6, 6.07) is 0.0281. The molecule has 2 unspecified atom stereocenters. The molecule has 2 atom stereocenters. The molecule has 1 N–H and O–H groups in total. The molecule has 1 saturated heterocycles. The van der Waals surface area contributed by atoms with Crippen LogP contribution in [0.15, 0.2) is 0 Å². The van der Waals surface area contributed by atoms with E-state index < -0.39 is 0 Å². The van der Waals surface area contributed by atoms with Crippen LogP contribution in [0, 0.1) is 5.92 Å². The zero-order valence-corrected chi connectivity index (χ0v) is 13.1. The van der Waals surface area contributed by atoms with Crippen LogP contribution in [0.25, 0.3) is 0 Å². The fourth-order valence-corrected chi connectivity index (χ4v) is 3.06. The van der Waals surface area contributed by atoms with Crippen molar-refractivity contribution in [2.75, 3.05) is 18.1 Å². The van der Waals surface area contributed by atoms with E-state index in [1.807, 2.05) is 11.8 Å². The fourth-order valence-electron chi connectivity index (χ4n) is 2.44. The van der Waals surface area contributed by atoms with Crippen molar-refractivity contribution >= 4 is 17.7 Å². The highest BCUT2D eigenvalue weighted by atomic mass is 32.2. The van der Waals surface area contributed by atoms with Crippen molar-refractivity contribution in [1.82, 2.24) is 10.2 Å². The van der Waals surface area contributed by atoms with Crippen molar-refractivity contribution in [3.63, 3.8) is 0 Å². The van der Waals surface area contributed by atoms with Crippen molar-refractivity contribution in [1.29, 1.82) is 0 Å². The van der Waals surface area contributed by atoms with Gasteiger partial charge in [0.1, 0.15) is 0 Å². The Labute approximate surface area is 116 Å². The van der Waals surface area contributed by atoms with E-state index in [1.54, 1.807) is 0 Å². The van der Waals surface area contributed by atoms with Crippen molar-refractivity contribution in [2.45, 2.75) is 59.2 Å². The molecule has 0 bridgehead atoms. The molecule has 0 radical (unpaired) electrons. The Morgan fingerprint density at radius 2 is 2.11 bits per heavy atom. The molecule has 1 rings (SSSR count). The molecule has 0 aromatic heterocycles. The lowest BCUT2D eigenvalue weighted by molar-refractivity contribution is -0.130. The Bertz CT molecular complexity index is 258. The van der Waals surface area contributed by atoms with Crippen LogP contribution in [0.5, 0.6) is 0 Å². The van der Waals surface area contributed by atoms with E-state index in [2.05, 4.69) is 37.9 Å². The van der Waals surface area contributed by atoms with Crippen LogP contribution in [0.3, 0.4) is 0 Å². The van der Waals surface area contributed by atoms with Gasteiger partial charge in [-0.15, -0.1) is 0 Å². The van der Waals surface area contributed by atoms with Crippen molar-refractivity contribution in [3.8, 4) is 0 Å². The summed E-state index contributed by atoms with van der Waals surface area (Å²) in [5.41, 5.74) is 0. The molecule has 1 fully saturated rings. The Morgan fingerprint density at radius 1 is 1.39 bits per heavy atom. The predicted octanol–water partition coefficient (Wildman–Crippen LogP) is 2.71. The van der Waals surface area contributed by atoms with E-state index in [1.165, 1.54) is 5.75 Å². The van der Waals surface area contributed by atoms with E-state index in [9.17, 15) is 4.79 Å². The number of nitrogens with one attached hydrogen (secondary N) is 1. The number of hydrogen-bond donors (Lipinski definition) is 1. The maximum absolute atomic E-state index is 12.4. The molecule has 1 aliphatic heterocycles. The average molecular weight is 272 g/mol. The van der Waals surface area contributed by atoms with Gasteiger partial charge >= 0.3 is 0 Å². The third kappa shape index (κ3) is 4.16. The maximum atomic E-state index is 12.4. The molecule has 0 saturated carbocycles. The van der Waals surface area contributed by atoms with Crippen LogP contribution in [-0.2, 0) is 4.79 Å². The molecule has 0 aliphatic carbocycles. The summed E-state index contributed by atoms with van der Waals surface area (Å²) in [5.74, 6) is 3.02. The second-order valence-corrected chi connectivity index (χ2v) is 6.67. The number of thioether (sulfide) groups is 1. The summed E-state index contributed by atoms with van der Waals surface area (Å²) in [6.45, 7) is 9.51. The van der Waals surface area contributed by atoms with Crippen LogP contribution in [0.2, 0.25) is 0 Å². The third-order valence-electron chi connectivity index (χ3n) is 3.42. The van der Waals surface area contributed by atoms with Gasteiger partial charge in [0.2, 0.25) is 5.91 Å². The summed E-state index contributed by atoms with van der Waals surface area (Å²) in [6.07, 6.45) is 3.56. The maximum Gasteiger partial charge on any atom is 0.241 e. The first-order valence-corrected chi connectivity index (χ1v) is 8.41. The van der Waals surface area contributed by atoms with Crippen LogP contribution in [0.4, 0.5) is 0 Å². The zero-order chi connectivity index (χ0) is 13.5. The van der Waals surface area contributed by atoms with Crippen LogP contribution >= 0.6 is 11.8 Å². The summed E-state index contributed by atoms with van der Waals surface area (Å²) in [4.78, 5) is 14.4. The van der Waals surface area contributed by atoms with Crippen molar-refractivity contribution in [3.05, 3.63) is 0 Å². The Kier molecular flexibility index (Phi) is 7.08. The van der Waals surface area contributed by atoms with Gasteiger partial charge in [0.05, 0.1) is 12.2 Å². The monoisotopic (exact) mass is 272 g/mol. The minimum Gasteiger partial charge on any atom is -0.326 e. The smallest absolute Gasteiger partial charge is 0.241 e. The molecule has 0 aromatic rings. The first-order chi connectivity index (χ1) is 8.61. The molecule has 18 heavy (non-hydrogen) atoms. The molecule has 0 spiro atoms. The molecule has 106 valence electrons. The summed E-state index contributed by atoms with van der Waals surface area (Å²) in [5, 5.41) is 3.50. The van der Waals surface area contributed by atoms with Gasteiger partial charge in [0.15, 0.2) is 0 Å². The number of amides is 1. The highest BCUT2D eigenvalue weighted by Gasteiger charge is 2.39. The zero-order valence-electron chi connectivity index (χ0n) is 12.2. The minimum absolute atomic E-state index is 0.0281. The van der Waals surface area contributed by atoms with E-state index in [0.29, 0.717) is 11.8 Å². The normalized spacial score (nSPS) is 24.3. The number of nitrogens with zero attached hydrogens (tertiary/aromatic N) is 1. The first-order valence-electron chi connectivity index (χ1n) is 7.26. The van der Waals surface area contributed by atoms with Gasteiger partial charge in [-0.05, 0) is 30.3 Å². The highest BCUT2D eigenvalue weighted by molar-refractivity contribution is 7.99. The second-order valence-electron chi connectivity index (χ2n) is 5.27. The molecular weight excluding hydrogens is 244 g/mol. The van der Waals surface area contributed by atoms with Gasteiger partial charge in [0.25, 0.3) is 0 Å². The lowest BCUT2D eigenvalue weighted by Gasteiger charge is -2.23. The van der Waals surface area contributed by atoms with Gasteiger partial charge in [-0.25, -0.2) is 0 Å². The van der Waals surface area contributed by atoms with Gasteiger partial charge < -0.3 is 4.90 Å². The molecular formula is C14H28N2OS. The lowest BCUT2D eigenvalue weighted by atomic mass is 10.1. The van der Waals surface area contributed by atoms with Crippen LogP contribution < -0.4 is 5.32 Å². The topological polar surface area (TPSA) is 32.3 Å². The SMILES string of the molecule is CCCC1NC(C(C)C)C(=O)N1CCCSCC. The molecule has 1 aliphatic rings. The van der Waals surface area contributed by atoms with E-state index >= 15 is 0 Å². The largest absolute Gasteiger partial charge is 0.326 e. The van der Waals surface area contributed by atoms with E-state index in [4.69, 9.17) is 0 Å². The molecule has 0 aromatic carbocycles. The Hall–Kier alpha value is -0.220. The quantitative estimate of drug-likeness (QED) is 0.690. The molecule has 1 heterocycles. The van der Waals surface area contributed by atoms with Crippen LogP contribution in [-0.4, -0.2) is 41.1 Å². The predicted molar refractivity (Wildman–Crippen MR) is 79.8 cm³/mol. The highest BCUT2D eigenvalue weighted by Crippen LogP contribution is 2.20. The Balaban J connectivity index is 2.51. The second kappa shape index (κ2) is 8.05. The molecule has 3 nitrogen and oxygen atoms in total. The van der Waals surface area contributed by atoms with Crippen LogP contribution in [0.1, 0.15) is 47.0 Å². The Morgan fingerprint density at radius 3 is 2.67 bits per heavy atom. The average Bonchev–Trinajstić information content (AvgIpc) is 2.63.